The van der Waals surface area contributed by atoms with Crippen molar-refractivity contribution in [1.29, 1.82) is 10.5 Å². The Kier molecular flexibility index (Phi) is 6.87. The van der Waals surface area contributed by atoms with E-state index in [2.05, 4.69) is 26.1 Å². The Labute approximate surface area is 188 Å². The minimum atomic E-state index is -5.08. The number of nitriles is 2. The molecule has 4 rings (SSSR count). The molecule has 1 unspecified atom stereocenters. The number of aromatic nitrogens is 5. The van der Waals surface area contributed by atoms with E-state index in [0.717, 1.165) is 10.9 Å². The topological polar surface area (TPSA) is 144 Å². The third-order valence-electron chi connectivity index (χ3n) is 4.56. The van der Waals surface area contributed by atoms with Gasteiger partial charge in [-0.3, -0.25) is 4.68 Å². The Morgan fingerprint density at radius 3 is 2.62 bits per heavy atom. The second-order valence-corrected chi connectivity index (χ2v) is 6.70. The Morgan fingerprint density at radius 1 is 1.24 bits per heavy atom. The van der Waals surface area contributed by atoms with Gasteiger partial charge in [0.2, 0.25) is 0 Å². The molecule has 0 saturated heterocycles. The van der Waals surface area contributed by atoms with Crippen LogP contribution >= 0.6 is 0 Å². The third-order valence-corrected chi connectivity index (χ3v) is 4.56. The van der Waals surface area contributed by atoms with Crippen molar-refractivity contribution in [2.45, 2.75) is 18.6 Å². The van der Waals surface area contributed by atoms with Crippen LogP contribution in [0.25, 0.3) is 22.3 Å². The highest BCUT2D eigenvalue weighted by Gasteiger charge is 2.38. The van der Waals surface area contributed by atoms with Crippen LogP contribution < -0.4 is 0 Å². The number of hydrogen-bond acceptors (Lipinski definition) is 6. The summed E-state index contributed by atoms with van der Waals surface area (Å²) >= 11 is 0. The fraction of sp³-hybridized carbons (Fsp3) is 0.143. The van der Waals surface area contributed by atoms with E-state index in [1.54, 1.807) is 18.6 Å². The molecular formula is C21H13F4N7O2. The predicted octanol–water partition coefficient (Wildman–Crippen LogP) is 3.97. The van der Waals surface area contributed by atoms with Crippen LogP contribution in [0.4, 0.5) is 17.6 Å². The van der Waals surface area contributed by atoms with E-state index in [9.17, 15) is 22.8 Å². The molecule has 0 spiro atoms. The fourth-order valence-electron chi connectivity index (χ4n) is 3.03. The van der Waals surface area contributed by atoms with E-state index in [0.29, 0.717) is 16.9 Å². The van der Waals surface area contributed by atoms with Crippen LogP contribution in [0.3, 0.4) is 0 Å². The lowest BCUT2D eigenvalue weighted by Crippen LogP contribution is -2.21. The number of nitrogens with zero attached hydrogens (tertiary/aromatic N) is 6. The molecular weight excluding hydrogens is 458 g/mol. The zero-order chi connectivity index (χ0) is 24.9. The van der Waals surface area contributed by atoms with Gasteiger partial charge in [-0.05, 0) is 24.3 Å². The quantitative estimate of drug-likeness (QED) is 0.429. The van der Waals surface area contributed by atoms with Crippen molar-refractivity contribution in [3.05, 3.63) is 66.1 Å². The number of carboxylic acid groups (broad SMARTS) is 1. The Hall–Kier alpha value is -4.78. The summed E-state index contributed by atoms with van der Waals surface area (Å²) in [5.41, 5.74) is 2.69. The summed E-state index contributed by atoms with van der Waals surface area (Å²) in [5.74, 6) is -3.24. The van der Waals surface area contributed by atoms with Crippen LogP contribution in [0.15, 0.2) is 49.2 Å². The smallest absolute Gasteiger partial charge is 0.475 e. The minimum absolute atomic E-state index is 0.0102. The number of benzene rings is 1. The lowest BCUT2D eigenvalue weighted by Gasteiger charge is -2.16. The van der Waals surface area contributed by atoms with Gasteiger partial charge in [-0.1, -0.05) is 0 Å². The number of nitrogens with one attached hydrogen (secondary N) is 1. The molecule has 0 aliphatic carbocycles. The molecule has 4 aromatic rings. The summed E-state index contributed by atoms with van der Waals surface area (Å²) < 4.78 is 47.6. The van der Waals surface area contributed by atoms with E-state index < -0.39 is 24.0 Å². The minimum Gasteiger partial charge on any atom is -0.475 e. The number of aliphatic carboxylic acids is 1. The normalized spacial score (nSPS) is 11.7. The van der Waals surface area contributed by atoms with Gasteiger partial charge in [-0.2, -0.15) is 28.8 Å². The molecule has 3 heterocycles. The van der Waals surface area contributed by atoms with Crippen LogP contribution in [-0.2, 0) is 4.79 Å². The van der Waals surface area contributed by atoms with Gasteiger partial charge in [0, 0.05) is 28.9 Å². The van der Waals surface area contributed by atoms with Crippen molar-refractivity contribution in [1.82, 2.24) is 24.7 Å². The highest BCUT2D eigenvalue weighted by atomic mass is 19.4. The fourth-order valence-corrected chi connectivity index (χ4v) is 3.03. The number of carbonyl (C=O) groups is 1. The maximum Gasteiger partial charge on any atom is 0.490 e. The second-order valence-electron chi connectivity index (χ2n) is 6.70. The zero-order valence-corrected chi connectivity index (χ0v) is 17.0. The molecule has 1 aromatic carbocycles. The molecule has 9 nitrogen and oxygen atoms in total. The molecule has 1 atom stereocenters. The van der Waals surface area contributed by atoms with Crippen molar-refractivity contribution >= 4 is 17.0 Å². The summed E-state index contributed by atoms with van der Waals surface area (Å²) in [6.45, 7) is 0. The average molecular weight is 471 g/mol. The Morgan fingerprint density at radius 2 is 1.97 bits per heavy atom. The van der Waals surface area contributed by atoms with E-state index in [1.165, 1.54) is 29.2 Å². The van der Waals surface area contributed by atoms with Crippen LogP contribution in [0.1, 0.15) is 23.6 Å². The van der Waals surface area contributed by atoms with E-state index in [4.69, 9.17) is 15.2 Å². The summed E-state index contributed by atoms with van der Waals surface area (Å²) in [5, 5.41) is 30.6. The number of carboxylic acids is 1. The monoisotopic (exact) mass is 471 g/mol. The number of H-pyrrole nitrogens is 1. The molecule has 0 bridgehead atoms. The molecule has 0 aliphatic rings. The van der Waals surface area contributed by atoms with Crippen LogP contribution in [0.2, 0.25) is 0 Å². The van der Waals surface area contributed by atoms with Crippen molar-refractivity contribution in [2.75, 3.05) is 0 Å². The number of hydrogen-bond donors (Lipinski definition) is 2. The standard InChI is InChI=1S/C19H12FN7.C2HF3O2/c20-16-2-1-12(8-22)7-15(16)17(3-5-21)27-10-13(9-26-27)18-14-4-6-23-19(14)25-11-24-18;3-2(4,5)1(6)7/h1-2,4,6-7,9-11,17H,3H2,(H,23,24,25);(H,6,7). The van der Waals surface area contributed by atoms with Crippen LogP contribution in [-0.4, -0.2) is 42.0 Å². The lowest BCUT2D eigenvalue weighted by molar-refractivity contribution is -0.192. The predicted molar refractivity (Wildman–Crippen MR) is 108 cm³/mol. The maximum atomic E-state index is 14.4. The van der Waals surface area contributed by atoms with Crippen molar-refractivity contribution in [2.24, 2.45) is 0 Å². The molecule has 13 heteroatoms. The summed E-state index contributed by atoms with van der Waals surface area (Å²) in [6.07, 6.45) is 1.49. The number of halogens is 4. The average Bonchev–Trinajstić information content (AvgIpc) is 3.47. The Bertz CT molecular complexity index is 1410. The van der Waals surface area contributed by atoms with Gasteiger partial charge in [0.05, 0.1) is 42.1 Å². The summed E-state index contributed by atoms with van der Waals surface area (Å²) in [7, 11) is 0. The van der Waals surface area contributed by atoms with Crippen molar-refractivity contribution in [3.8, 4) is 23.4 Å². The van der Waals surface area contributed by atoms with Crippen molar-refractivity contribution in [3.63, 3.8) is 0 Å². The van der Waals surface area contributed by atoms with Crippen LogP contribution in [0, 0.1) is 28.5 Å². The largest absolute Gasteiger partial charge is 0.490 e. The molecule has 0 saturated carbocycles. The van der Waals surface area contributed by atoms with Gasteiger partial charge in [0.15, 0.2) is 0 Å². The molecule has 2 N–H and O–H groups in total. The molecule has 0 fully saturated rings. The first-order valence-corrected chi connectivity index (χ1v) is 9.35. The maximum absolute atomic E-state index is 14.4. The third kappa shape index (κ3) is 5.16. The zero-order valence-electron chi connectivity index (χ0n) is 17.0. The first-order valence-electron chi connectivity index (χ1n) is 9.35. The molecule has 3 aromatic heterocycles. The van der Waals surface area contributed by atoms with Gasteiger partial charge in [0.25, 0.3) is 0 Å². The van der Waals surface area contributed by atoms with Gasteiger partial charge >= 0.3 is 12.1 Å². The van der Waals surface area contributed by atoms with Gasteiger partial charge in [-0.15, -0.1) is 0 Å². The second kappa shape index (κ2) is 9.79. The first kappa shape index (κ1) is 23.9. The van der Waals surface area contributed by atoms with Gasteiger partial charge < -0.3 is 10.1 Å². The highest BCUT2D eigenvalue weighted by molar-refractivity contribution is 5.90. The van der Waals surface area contributed by atoms with Gasteiger partial charge in [-0.25, -0.2) is 19.2 Å². The molecule has 0 radical (unpaired) electrons. The number of alkyl halides is 3. The highest BCUT2D eigenvalue weighted by Crippen LogP contribution is 2.29. The summed E-state index contributed by atoms with van der Waals surface area (Å²) in [6, 6.07) is 9.36. The lowest BCUT2D eigenvalue weighted by atomic mass is 10.0. The molecule has 172 valence electrons. The number of rotatable bonds is 4. The Balaban J connectivity index is 0.000000406. The first-order chi connectivity index (χ1) is 16.2. The van der Waals surface area contributed by atoms with Gasteiger partial charge in [0.1, 0.15) is 17.8 Å². The SMILES string of the molecule is N#CCC(c1cc(C#N)ccc1F)n1cc(-c2ncnc3[nH]ccc23)cn1.O=C(O)C(F)(F)F. The van der Waals surface area contributed by atoms with E-state index >= 15 is 0 Å². The molecule has 0 amide bonds. The molecule has 0 aliphatic heterocycles. The van der Waals surface area contributed by atoms with E-state index in [1.807, 2.05) is 12.1 Å². The van der Waals surface area contributed by atoms with E-state index in [-0.39, 0.29) is 12.0 Å². The molecule has 34 heavy (non-hydrogen) atoms. The summed E-state index contributed by atoms with van der Waals surface area (Å²) in [4.78, 5) is 20.4. The van der Waals surface area contributed by atoms with Crippen molar-refractivity contribution < 1.29 is 27.5 Å². The number of fused-ring (bicyclic) bond motifs is 1. The van der Waals surface area contributed by atoms with Crippen LogP contribution in [0.5, 0.6) is 0 Å². The number of aromatic amines is 1.